The van der Waals surface area contributed by atoms with Crippen molar-refractivity contribution in [3.63, 3.8) is 0 Å². The van der Waals surface area contributed by atoms with E-state index in [0.29, 0.717) is 12.0 Å². The van der Waals surface area contributed by atoms with Gasteiger partial charge in [0.05, 0.1) is 5.69 Å². The van der Waals surface area contributed by atoms with Gasteiger partial charge in [-0.3, -0.25) is 4.90 Å². The summed E-state index contributed by atoms with van der Waals surface area (Å²) in [6.07, 6.45) is 6.17. The van der Waals surface area contributed by atoms with Gasteiger partial charge >= 0.3 is 0 Å². The number of aromatic nitrogens is 3. The fourth-order valence-corrected chi connectivity index (χ4v) is 3.85. The number of anilines is 1. The first-order valence-electron chi connectivity index (χ1n) is 9.46. The lowest BCUT2D eigenvalue weighted by atomic mass is 10.0. The number of likely N-dealkylation sites (tertiary alicyclic amines) is 1. The average molecular weight is 363 g/mol. The molecule has 0 aliphatic carbocycles. The largest absolute Gasteiger partial charge is 0.361 e. The van der Waals surface area contributed by atoms with E-state index < -0.39 is 0 Å². The number of nitrogens with zero attached hydrogens (tertiary/aromatic N) is 4. The van der Waals surface area contributed by atoms with E-state index in [1.54, 1.807) is 0 Å². The number of hydrogen-bond acceptors (Lipinski definition) is 6. The summed E-state index contributed by atoms with van der Waals surface area (Å²) in [7, 11) is 0. The van der Waals surface area contributed by atoms with Crippen molar-refractivity contribution in [1.29, 1.82) is 0 Å². The van der Waals surface area contributed by atoms with Gasteiger partial charge in [0, 0.05) is 42.7 Å². The van der Waals surface area contributed by atoms with E-state index >= 15 is 0 Å². The summed E-state index contributed by atoms with van der Waals surface area (Å²) in [6.45, 7) is 6.66. The van der Waals surface area contributed by atoms with Crippen molar-refractivity contribution in [3.8, 4) is 0 Å². The zero-order chi connectivity index (χ0) is 18.6. The maximum Gasteiger partial charge on any atom is 0.222 e. The van der Waals surface area contributed by atoms with Crippen LogP contribution in [0, 0.1) is 13.8 Å². The van der Waals surface area contributed by atoms with Crippen molar-refractivity contribution < 1.29 is 4.52 Å². The smallest absolute Gasteiger partial charge is 0.222 e. The van der Waals surface area contributed by atoms with Gasteiger partial charge in [-0.2, -0.15) is 0 Å². The minimum absolute atomic E-state index is 0.368. The van der Waals surface area contributed by atoms with Crippen LogP contribution in [0.15, 0.2) is 47.2 Å². The molecular formula is C21H25N5O. The highest BCUT2D eigenvalue weighted by molar-refractivity contribution is 5.29. The second kappa shape index (κ2) is 7.88. The molecule has 6 nitrogen and oxygen atoms in total. The molecular weight excluding hydrogens is 338 g/mol. The SMILES string of the molecule is Cc1noc(C)c1[C@H]1CCCN1Cc1cnc(NCc2ccccc2)nc1. The summed E-state index contributed by atoms with van der Waals surface area (Å²) in [4.78, 5) is 11.4. The summed E-state index contributed by atoms with van der Waals surface area (Å²) < 4.78 is 5.38. The highest BCUT2D eigenvalue weighted by atomic mass is 16.5. The minimum Gasteiger partial charge on any atom is -0.361 e. The van der Waals surface area contributed by atoms with Crippen LogP contribution in [0.4, 0.5) is 5.95 Å². The Hall–Kier alpha value is -2.73. The highest BCUT2D eigenvalue weighted by Crippen LogP contribution is 2.36. The van der Waals surface area contributed by atoms with Crippen molar-refractivity contribution in [3.05, 3.63) is 70.9 Å². The van der Waals surface area contributed by atoms with Gasteiger partial charge in [-0.1, -0.05) is 35.5 Å². The maximum absolute atomic E-state index is 5.38. The lowest BCUT2D eigenvalue weighted by Crippen LogP contribution is -2.23. The van der Waals surface area contributed by atoms with Gasteiger partial charge in [0.1, 0.15) is 5.76 Å². The Kier molecular flexibility index (Phi) is 5.16. The molecule has 1 aromatic carbocycles. The number of hydrogen-bond donors (Lipinski definition) is 1. The van der Waals surface area contributed by atoms with Crippen LogP contribution in [-0.2, 0) is 13.1 Å². The first-order valence-corrected chi connectivity index (χ1v) is 9.46. The zero-order valence-electron chi connectivity index (χ0n) is 15.9. The van der Waals surface area contributed by atoms with Crippen molar-refractivity contribution in [2.24, 2.45) is 0 Å². The van der Waals surface area contributed by atoms with E-state index in [2.05, 4.69) is 37.5 Å². The Labute approximate surface area is 159 Å². The van der Waals surface area contributed by atoms with Crippen LogP contribution in [0.5, 0.6) is 0 Å². The Morgan fingerprint density at radius 2 is 1.89 bits per heavy atom. The second-order valence-corrected chi connectivity index (χ2v) is 7.12. The van der Waals surface area contributed by atoms with Gasteiger partial charge in [-0.25, -0.2) is 9.97 Å². The van der Waals surface area contributed by atoms with Crippen molar-refractivity contribution in [2.75, 3.05) is 11.9 Å². The molecule has 0 unspecified atom stereocenters. The first kappa shape index (κ1) is 17.7. The molecule has 4 rings (SSSR count). The zero-order valence-corrected chi connectivity index (χ0v) is 15.9. The van der Waals surface area contributed by atoms with Crippen LogP contribution in [0.1, 0.15) is 47.0 Å². The van der Waals surface area contributed by atoms with Gasteiger partial charge in [-0.15, -0.1) is 0 Å². The summed E-state index contributed by atoms with van der Waals surface area (Å²) in [5, 5.41) is 7.40. The first-order chi connectivity index (χ1) is 13.2. The lowest BCUT2D eigenvalue weighted by molar-refractivity contribution is 0.245. The molecule has 1 atom stereocenters. The molecule has 1 N–H and O–H groups in total. The molecule has 3 heterocycles. The molecule has 0 radical (unpaired) electrons. The summed E-state index contributed by atoms with van der Waals surface area (Å²) in [5.74, 6) is 1.59. The quantitative estimate of drug-likeness (QED) is 0.713. The third-order valence-electron chi connectivity index (χ3n) is 5.17. The van der Waals surface area contributed by atoms with Crippen LogP contribution in [0.25, 0.3) is 0 Å². The monoisotopic (exact) mass is 363 g/mol. The normalized spacial score (nSPS) is 17.3. The van der Waals surface area contributed by atoms with E-state index in [4.69, 9.17) is 4.52 Å². The summed E-state index contributed by atoms with van der Waals surface area (Å²) >= 11 is 0. The molecule has 0 bridgehead atoms. The third-order valence-corrected chi connectivity index (χ3v) is 5.17. The topological polar surface area (TPSA) is 67.1 Å². The average Bonchev–Trinajstić information content (AvgIpc) is 3.27. The Bertz CT molecular complexity index is 856. The number of benzene rings is 1. The van der Waals surface area contributed by atoms with Crippen molar-refractivity contribution in [1.82, 2.24) is 20.0 Å². The Morgan fingerprint density at radius 3 is 2.59 bits per heavy atom. The molecule has 6 heteroatoms. The van der Waals surface area contributed by atoms with Crippen molar-refractivity contribution in [2.45, 2.75) is 45.8 Å². The molecule has 2 aromatic heterocycles. The maximum atomic E-state index is 5.38. The van der Waals surface area contributed by atoms with Gasteiger partial charge in [0.25, 0.3) is 0 Å². The lowest BCUT2D eigenvalue weighted by Gasteiger charge is -2.24. The van der Waals surface area contributed by atoms with E-state index in [-0.39, 0.29) is 0 Å². The Balaban J connectivity index is 1.39. The third kappa shape index (κ3) is 4.01. The van der Waals surface area contributed by atoms with Crippen LogP contribution in [0.3, 0.4) is 0 Å². The molecule has 0 saturated carbocycles. The van der Waals surface area contributed by atoms with Gasteiger partial charge in [0.15, 0.2) is 0 Å². The van der Waals surface area contributed by atoms with Gasteiger partial charge in [0.2, 0.25) is 5.95 Å². The fourth-order valence-electron chi connectivity index (χ4n) is 3.85. The van der Waals surface area contributed by atoms with Crippen LogP contribution >= 0.6 is 0 Å². The number of nitrogens with one attached hydrogen (secondary N) is 1. The molecule has 1 fully saturated rings. The van der Waals surface area contributed by atoms with Crippen LogP contribution in [-0.4, -0.2) is 26.6 Å². The van der Waals surface area contributed by atoms with E-state index in [0.717, 1.165) is 43.1 Å². The number of rotatable bonds is 6. The molecule has 1 aliphatic heterocycles. The predicted molar refractivity (Wildman–Crippen MR) is 104 cm³/mol. The molecule has 140 valence electrons. The fraction of sp³-hybridized carbons (Fsp3) is 0.381. The number of aryl methyl sites for hydroxylation is 2. The van der Waals surface area contributed by atoms with E-state index in [1.807, 2.05) is 44.4 Å². The predicted octanol–water partition coefficient (Wildman–Crippen LogP) is 4.03. The molecule has 0 spiro atoms. The molecule has 1 aliphatic rings. The van der Waals surface area contributed by atoms with Crippen LogP contribution in [0.2, 0.25) is 0 Å². The molecule has 3 aromatic rings. The second-order valence-electron chi connectivity index (χ2n) is 7.12. The molecule has 27 heavy (non-hydrogen) atoms. The van der Waals surface area contributed by atoms with E-state index in [9.17, 15) is 0 Å². The van der Waals surface area contributed by atoms with Gasteiger partial charge < -0.3 is 9.84 Å². The highest BCUT2D eigenvalue weighted by Gasteiger charge is 2.30. The minimum atomic E-state index is 0.368. The van der Waals surface area contributed by atoms with Crippen molar-refractivity contribution >= 4 is 5.95 Å². The van der Waals surface area contributed by atoms with Gasteiger partial charge in [-0.05, 0) is 38.8 Å². The van der Waals surface area contributed by atoms with Crippen LogP contribution < -0.4 is 5.32 Å². The molecule has 1 saturated heterocycles. The molecule has 0 amide bonds. The van der Waals surface area contributed by atoms with E-state index in [1.165, 1.54) is 17.5 Å². The summed E-state index contributed by atoms with van der Waals surface area (Å²) in [5.41, 5.74) is 4.58. The summed E-state index contributed by atoms with van der Waals surface area (Å²) in [6, 6.07) is 10.6. The Morgan fingerprint density at radius 1 is 1.11 bits per heavy atom. The standard InChI is InChI=1S/C21H25N5O/c1-15-20(16(2)27-25-15)19-9-6-10-26(19)14-18-12-23-21(24-13-18)22-11-17-7-4-3-5-8-17/h3-5,7-8,12-13,19H,6,9-11,14H2,1-2H3,(H,22,23,24)/t19-/m1/s1.